The summed E-state index contributed by atoms with van der Waals surface area (Å²) in [5.41, 5.74) is -1.23. The standard InChI is InChI=1S/C19H27N3O4/c1-18(2,3)19(4,17(24)25)22-15(23)13-9-20-14(12-7-8-12)16(21-13)26-10-11-5-6-11/h9,11-12H,5-8,10H2,1-4H3,(H,22,23)(H,24,25). The molecule has 142 valence electrons. The van der Waals surface area contributed by atoms with E-state index in [0.717, 1.165) is 31.4 Å². The van der Waals surface area contributed by atoms with Crippen LogP contribution >= 0.6 is 0 Å². The highest BCUT2D eigenvalue weighted by molar-refractivity contribution is 5.96. The molecule has 0 radical (unpaired) electrons. The van der Waals surface area contributed by atoms with Gasteiger partial charge in [-0.2, -0.15) is 0 Å². The summed E-state index contributed by atoms with van der Waals surface area (Å²) in [6, 6.07) is 0. The molecule has 1 atom stereocenters. The number of carbonyl (C=O) groups excluding carboxylic acids is 1. The lowest BCUT2D eigenvalue weighted by atomic mass is 9.74. The first-order valence-corrected chi connectivity index (χ1v) is 9.17. The summed E-state index contributed by atoms with van der Waals surface area (Å²) >= 11 is 0. The zero-order valence-corrected chi connectivity index (χ0v) is 15.8. The normalized spacial score (nSPS) is 19.5. The minimum Gasteiger partial charge on any atom is -0.479 e. The number of hydrogen-bond acceptors (Lipinski definition) is 5. The Balaban J connectivity index is 1.81. The average molecular weight is 361 g/mol. The third-order valence-corrected chi connectivity index (χ3v) is 5.41. The van der Waals surface area contributed by atoms with Crippen molar-refractivity contribution in [2.45, 2.75) is 64.8 Å². The van der Waals surface area contributed by atoms with Crippen molar-refractivity contribution in [2.75, 3.05) is 6.61 Å². The van der Waals surface area contributed by atoms with E-state index in [0.29, 0.717) is 24.3 Å². The highest BCUT2D eigenvalue weighted by atomic mass is 16.5. The second-order valence-corrected chi connectivity index (χ2v) is 8.61. The molecule has 2 N–H and O–H groups in total. The van der Waals surface area contributed by atoms with Gasteiger partial charge < -0.3 is 15.2 Å². The largest absolute Gasteiger partial charge is 0.479 e. The van der Waals surface area contributed by atoms with Gasteiger partial charge in [0.15, 0.2) is 5.69 Å². The van der Waals surface area contributed by atoms with E-state index < -0.39 is 22.8 Å². The van der Waals surface area contributed by atoms with Gasteiger partial charge in [0.05, 0.1) is 12.8 Å². The van der Waals surface area contributed by atoms with Crippen molar-refractivity contribution in [2.24, 2.45) is 11.3 Å². The van der Waals surface area contributed by atoms with Gasteiger partial charge in [-0.15, -0.1) is 0 Å². The van der Waals surface area contributed by atoms with Crippen LogP contribution in [0.4, 0.5) is 0 Å². The van der Waals surface area contributed by atoms with Crippen molar-refractivity contribution in [3.05, 3.63) is 17.6 Å². The Morgan fingerprint density at radius 1 is 1.23 bits per heavy atom. The second-order valence-electron chi connectivity index (χ2n) is 8.61. The van der Waals surface area contributed by atoms with Gasteiger partial charge in [-0.1, -0.05) is 20.8 Å². The summed E-state index contributed by atoms with van der Waals surface area (Å²) in [6.45, 7) is 7.41. The molecule has 1 aromatic rings. The lowest BCUT2D eigenvalue weighted by Gasteiger charge is -2.38. The molecule has 1 amide bonds. The van der Waals surface area contributed by atoms with Crippen molar-refractivity contribution in [3.8, 4) is 5.88 Å². The fraction of sp³-hybridized carbons (Fsp3) is 0.684. The SMILES string of the molecule is CC(C)(C)C(C)(NC(=O)c1cnc(C2CC2)c(OCC2CC2)n1)C(=O)O. The van der Waals surface area contributed by atoms with Crippen LogP contribution in [0.2, 0.25) is 0 Å². The van der Waals surface area contributed by atoms with Crippen LogP contribution in [0, 0.1) is 11.3 Å². The van der Waals surface area contributed by atoms with Crippen molar-refractivity contribution < 1.29 is 19.4 Å². The highest BCUT2D eigenvalue weighted by Crippen LogP contribution is 2.43. The first-order valence-electron chi connectivity index (χ1n) is 9.17. The monoisotopic (exact) mass is 361 g/mol. The van der Waals surface area contributed by atoms with Crippen LogP contribution in [0.5, 0.6) is 5.88 Å². The van der Waals surface area contributed by atoms with Crippen molar-refractivity contribution in [1.29, 1.82) is 0 Å². The average Bonchev–Trinajstić information content (AvgIpc) is 3.45. The summed E-state index contributed by atoms with van der Waals surface area (Å²) in [4.78, 5) is 33.2. The van der Waals surface area contributed by atoms with Crippen LogP contribution in [0.1, 0.15) is 75.5 Å². The Bertz CT molecular complexity index is 720. The van der Waals surface area contributed by atoms with Gasteiger partial charge in [0.1, 0.15) is 11.2 Å². The van der Waals surface area contributed by atoms with E-state index in [9.17, 15) is 14.7 Å². The zero-order chi connectivity index (χ0) is 19.1. The zero-order valence-electron chi connectivity index (χ0n) is 15.8. The van der Waals surface area contributed by atoms with E-state index >= 15 is 0 Å². The topological polar surface area (TPSA) is 101 Å². The molecule has 7 heteroatoms. The fourth-order valence-electron chi connectivity index (χ4n) is 2.57. The number of aromatic nitrogens is 2. The summed E-state index contributed by atoms with van der Waals surface area (Å²) in [5.74, 6) is -0.313. The van der Waals surface area contributed by atoms with Crippen molar-refractivity contribution in [1.82, 2.24) is 15.3 Å². The summed E-state index contributed by atoms with van der Waals surface area (Å²) in [5, 5.41) is 12.2. The second kappa shape index (κ2) is 6.52. The molecule has 0 aromatic carbocycles. The molecule has 2 fully saturated rings. The Morgan fingerprint density at radius 3 is 2.38 bits per heavy atom. The minimum atomic E-state index is -1.43. The van der Waals surface area contributed by atoms with Gasteiger partial charge in [-0.25, -0.2) is 9.78 Å². The van der Waals surface area contributed by atoms with E-state index in [1.54, 1.807) is 20.8 Å². The minimum absolute atomic E-state index is 0.0805. The molecule has 1 heterocycles. The van der Waals surface area contributed by atoms with Gasteiger partial charge in [0, 0.05) is 5.92 Å². The molecule has 0 bridgehead atoms. The third kappa shape index (κ3) is 3.81. The van der Waals surface area contributed by atoms with Crippen LogP contribution in [0.25, 0.3) is 0 Å². The summed E-state index contributed by atoms with van der Waals surface area (Å²) < 4.78 is 5.83. The Labute approximate surface area is 153 Å². The summed E-state index contributed by atoms with van der Waals surface area (Å²) in [6.07, 6.45) is 5.85. The molecule has 26 heavy (non-hydrogen) atoms. The van der Waals surface area contributed by atoms with Gasteiger partial charge in [-0.05, 0) is 43.9 Å². The predicted octanol–water partition coefficient (Wildman–Crippen LogP) is 2.76. The number of nitrogens with one attached hydrogen (secondary N) is 1. The Kier molecular flexibility index (Phi) is 4.67. The molecule has 2 saturated carbocycles. The van der Waals surface area contributed by atoms with E-state index in [1.165, 1.54) is 13.1 Å². The third-order valence-electron chi connectivity index (χ3n) is 5.41. The molecule has 0 saturated heterocycles. The summed E-state index contributed by atoms with van der Waals surface area (Å²) in [7, 11) is 0. The molecular formula is C19H27N3O4. The smallest absolute Gasteiger partial charge is 0.329 e. The van der Waals surface area contributed by atoms with Crippen LogP contribution in [0.15, 0.2) is 6.20 Å². The van der Waals surface area contributed by atoms with Crippen LogP contribution in [-0.4, -0.2) is 39.1 Å². The predicted molar refractivity (Wildman–Crippen MR) is 95.2 cm³/mol. The number of amides is 1. The first-order chi connectivity index (χ1) is 12.1. The molecule has 0 aliphatic heterocycles. The van der Waals surface area contributed by atoms with Gasteiger partial charge in [0.2, 0.25) is 5.88 Å². The van der Waals surface area contributed by atoms with E-state index in [4.69, 9.17) is 4.74 Å². The Hall–Kier alpha value is -2.18. The number of rotatable bonds is 7. The maximum absolute atomic E-state index is 12.7. The van der Waals surface area contributed by atoms with Crippen LogP contribution in [0.3, 0.4) is 0 Å². The van der Waals surface area contributed by atoms with Gasteiger partial charge >= 0.3 is 5.97 Å². The molecule has 2 aliphatic rings. The van der Waals surface area contributed by atoms with Gasteiger partial charge in [-0.3, -0.25) is 9.78 Å². The van der Waals surface area contributed by atoms with Crippen LogP contribution in [-0.2, 0) is 4.79 Å². The lowest BCUT2D eigenvalue weighted by molar-refractivity contribution is -0.148. The molecule has 2 aliphatic carbocycles. The maximum Gasteiger partial charge on any atom is 0.329 e. The number of nitrogens with zero attached hydrogens (tertiary/aromatic N) is 2. The van der Waals surface area contributed by atoms with E-state index in [2.05, 4.69) is 15.3 Å². The molecule has 3 rings (SSSR count). The number of carbonyl (C=O) groups is 2. The van der Waals surface area contributed by atoms with Crippen molar-refractivity contribution >= 4 is 11.9 Å². The number of hydrogen-bond donors (Lipinski definition) is 2. The maximum atomic E-state index is 12.7. The molecule has 1 aromatic heterocycles. The number of carboxylic acid groups (broad SMARTS) is 1. The number of aliphatic carboxylic acids is 1. The molecule has 0 spiro atoms. The lowest BCUT2D eigenvalue weighted by Crippen LogP contribution is -2.60. The van der Waals surface area contributed by atoms with Crippen molar-refractivity contribution in [3.63, 3.8) is 0 Å². The molecule has 1 unspecified atom stereocenters. The number of carboxylic acids is 1. The number of ether oxygens (including phenoxy) is 1. The quantitative estimate of drug-likeness (QED) is 0.774. The van der Waals surface area contributed by atoms with Gasteiger partial charge in [0.25, 0.3) is 5.91 Å². The van der Waals surface area contributed by atoms with E-state index in [-0.39, 0.29) is 5.69 Å². The first kappa shape index (κ1) is 18.6. The fourth-order valence-corrected chi connectivity index (χ4v) is 2.57. The van der Waals surface area contributed by atoms with E-state index in [1.807, 2.05) is 0 Å². The molecule has 7 nitrogen and oxygen atoms in total. The van der Waals surface area contributed by atoms with Crippen LogP contribution < -0.4 is 10.1 Å². The molecular weight excluding hydrogens is 334 g/mol. The Morgan fingerprint density at radius 2 is 1.88 bits per heavy atom. The highest BCUT2D eigenvalue weighted by Gasteiger charge is 2.46.